The summed E-state index contributed by atoms with van der Waals surface area (Å²) in [6.07, 6.45) is 2.43. The standard InChI is InChI=1S/C15H16N2O2S2/c18-21(19,15-6-3-11-20-15)17-10-9-16(12-7-8-12)13-4-1-2-5-14(13)17/h1-6,11-12H,7-10H2. The molecule has 0 saturated heterocycles. The monoisotopic (exact) mass is 320 g/mol. The average molecular weight is 320 g/mol. The lowest BCUT2D eigenvalue weighted by molar-refractivity contribution is 0.590. The quantitative estimate of drug-likeness (QED) is 0.873. The molecule has 2 aromatic rings. The van der Waals surface area contributed by atoms with Crippen LogP contribution in [-0.4, -0.2) is 27.5 Å². The van der Waals surface area contributed by atoms with Gasteiger partial charge in [0.1, 0.15) is 4.21 Å². The molecule has 21 heavy (non-hydrogen) atoms. The summed E-state index contributed by atoms with van der Waals surface area (Å²) < 4.78 is 27.6. The molecule has 0 N–H and O–H groups in total. The number of anilines is 2. The van der Waals surface area contributed by atoms with E-state index in [9.17, 15) is 8.42 Å². The second-order valence-corrected chi connectivity index (χ2v) is 8.46. The van der Waals surface area contributed by atoms with E-state index >= 15 is 0 Å². The first-order chi connectivity index (χ1) is 10.2. The van der Waals surface area contributed by atoms with Crippen molar-refractivity contribution in [1.29, 1.82) is 0 Å². The molecule has 0 amide bonds. The molecule has 0 bridgehead atoms. The molecule has 1 aliphatic heterocycles. The fourth-order valence-electron chi connectivity index (χ4n) is 2.89. The van der Waals surface area contributed by atoms with Crippen LogP contribution in [0.2, 0.25) is 0 Å². The summed E-state index contributed by atoms with van der Waals surface area (Å²) in [6, 6.07) is 11.9. The maximum Gasteiger partial charge on any atom is 0.273 e. The van der Waals surface area contributed by atoms with Crippen LogP contribution >= 0.6 is 11.3 Å². The summed E-state index contributed by atoms with van der Waals surface area (Å²) in [4.78, 5) is 2.36. The maximum atomic E-state index is 12.8. The number of fused-ring (bicyclic) bond motifs is 1. The van der Waals surface area contributed by atoms with Crippen molar-refractivity contribution in [3.05, 3.63) is 41.8 Å². The molecule has 0 unspecified atom stereocenters. The first-order valence-electron chi connectivity index (χ1n) is 7.10. The molecule has 1 aromatic carbocycles. The van der Waals surface area contributed by atoms with Crippen molar-refractivity contribution >= 4 is 32.7 Å². The van der Waals surface area contributed by atoms with Gasteiger partial charge in [-0.3, -0.25) is 4.31 Å². The van der Waals surface area contributed by atoms with Gasteiger partial charge in [0.15, 0.2) is 0 Å². The smallest absolute Gasteiger partial charge is 0.273 e. The molecule has 4 rings (SSSR count). The third-order valence-corrected chi connectivity index (χ3v) is 7.22. The molecule has 6 heteroatoms. The summed E-state index contributed by atoms with van der Waals surface area (Å²) in [5.41, 5.74) is 1.86. The maximum absolute atomic E-state index is 12.8. The van der Waals surface area contributed by atoms with Crippen molar-refractivity contribution in [2.75, 3.05) is 22.3 Å². The number of rotatable bonds is 3. The van der Waals surface area contributed by atoms with E-state index in [0.29, 0.717) is 16.8 Å². The van der Waals surface area contributed by atoms with Gasteiger partial charge in [-0.2, -0.15) is 0 Å². The van der Waals surface area contributed by atoms with Crippen LogP contribution in [0, 0.1) is 0 Å². The van der Waals surface area contributed by atoms with E-state index in [4.69, 9.17) is 0 Å². The number of sulfonamides is 1. The lowest BCUT2D eigenvalue weighted by Crippen LogP contribution is -2.44. The highest BCUT2D eigenvalue weighted by Crippen LogP contribution is 2.41. The fourth-order valence-corrected chi connectivity index (χ4v) is 5.47. The number of para-hydroxylation sites is 2. The van der Waals surface area contributed by atoms with Gasteiger partial charge < -0.3 is 4.90 Å². The Labute approximate surface area is 128 Å². The van der Waals surface area contributed by atoms with E-state index in [-0.39, 0.29) is 0 Å². The van der Waals surface area contributed by atoms with Crippen LogP contribution in [0.25, 0.3) is 0 Å². The summed E-state index contributed by atoms with van der Waals surface area (Å²) in [5, 5.41) is 1.80. The van der Waals surface area contributed by atoms with Gasteiger partial charge in [-0.15, -0.1) is 11.3 Å². The molecular formula is C15H16N2O2S2. The Morgan fingerprint density at radius 2 is 1.76 bits per heavy atom. The van der Waals surface area contributed by atoms with E-state index in [0.717, 1.165) is 17.9 Å². The molecule has 4 nitrogen and oxygen atoms in total. The zero-order valence-electron chi connectivity index (χ0n) is 11.5. The van der Waals surface area contributed by atoms with Crippen LogP contribution in [-0.2, 0) is 10.0 Å². The van der Waals surface area contributed by atoms with Crippen LogP contribution < -0.4 is 9.21 Å². The van der Waals surface area contributed by atoms with E-state index in [2.05, 4.69) is 4.90 Å². The predicted octanol–water partition coefficient (Wildman–Crippen LogP) is 2.93. The molecule has 2 aliphatic rings. The predicted molar refractivity (Wildman–Crippen MR) is 85.7 cm³/mol. The van der Waals surface area contributed by atoms with Crippen LogP contribution in [0.3, 0.4) is 0 Å². The normalized spacial score (nSPS) is 18.7. The van der Waals surface area contributed by atoms with Crippen molar-refractivity contribution in [2.45, 2.75) is 23.1 Å². The van der Waals surface area contributed by atoms with Crippen LogP contribution in [0.1, 0.15) is 12.8 Å². The first kappa shape index (κ1) is 13.2. The Morgan fingerprint density at radius 1 is 1.00 bits per heavy atom. The highest BCUT2D eigenvalue weighted by Gasteiger charge is 2.37. The first-order valence-corrected chi connectivity index (χ1v) is 9.42. The van der Waals surface area contributed by atoms with E-state index in [1.807, 2.05) is 24.3 Å². The highest BCUT2D eigenvalue weighted by atomic mass is 32.2. The van der Waals surface area contributed by atoms with Crippen molar-refractivity contribution in [2.24, 2.45) is 0 Å². The minimum atomic E-state index is -3.44. The molecule has 1 saturated carbocycles. The van der Waals surface area contributed by atoms with Gasteiger partial charge in [-0.05, 0) is 36.4 Å². The summed E-state index contributed by atoms with van der Waals surface area (Å²) in [7, 11) is -3.44. The van der Waals surface area contributed by atoms with E-state index in [1.165, 1.54) is 24.2 Å². The topological polar surface area (TPSA) is 40.6 Å². The molecule has 0 atom stereocenters. The second kappa shape index (κ2) is 4.74. The van der Waals surface area contributed by atoms with Crippen molar-refractivity contribution in [1.82, 2.24) is 0 Å². The van der Waals surface area contributed by atoms with Gasteiger partial charge in [0.25, 0.3) is 10.0 Å². The van der Waals surface area contributed by atoms with Crippen LogP contribution in [0.4, 0.5) is 11.4 Å². The molecule has 0 spiro atoms. The Morgan fingerprint density at radius 3 is 2.43 bits per heavy atom. The highest BCUT2D eigenvalue weighted by molar-refractivity contribution is 7.94. The Balaban J connectivity index is 1.79. The van der Waals surface area contributed by atoms with Crippen molar-refractivity contribution < 1.29 is 8.42 Å². The largest absolute Gasteiger partial charge is 0.365 e. The summed E-state index contributed by atoms with van der Waals surface area (Å²) in [6.45, 7) is 1.29. The third-order valence-electron chi connectivity index (χ3n) is 4.03. The minimum Gasteiger partial charge on any atom is -0.365 e. The molecule has 1 fully saturated rings. The summed E-state index contributed by atoms with van der Waals surface area (Å²) >= 11 is 1.27. The number of nitrogens with zero attached hydrogens (tertiary/aromatic N) is 2. The van der Waals surface area contributed by atoms with E-state index < -0.39 is 10.0 Å². The molecule has 2 heterocycles. The average Bonchev–Trinajstić information content (AvgIpc) is 3.18. The van der Waals surface area contributed by atoms with Crippen molar-refractivity contribution in [3.63, 3.8) is 0 Å². The minimum absolute atomic E-state index is 0.414. The second-order valence-electron chi connectivity index (χ2n) is 5.42. The van der Waals surface area contributed by atoms with Crippen molar-refractivity contribution in [3.8, 4) is 0 Å². The Bertz CT molecular complexity index is 752. The zero-order chi connectivity index (χ0) is 14.4. The van der Waals surface area contributed by atoms with Gasteiger partial charge in [-0.25, -0.2) is 8.42 Å². The van der Waals surface area contributed by atoms with Gasteiger partial charge in [-0.1, -0.05) is 18.2 Å². The molecule has 1 aliphatic carbocycles. The molecule has 0 radical (unpaired) electrons. The van der Waals surface area contributed by atoms with Crippen LogP contribution in [0.5, 0.6) is 0 Å². The van der Waals surface area contributed by atoms with Gasteiger partial charge in [0, 0.05) is 12.6 Å². The lowest BCUT2D eigenvalue weighted by Gasteiger charge is -2.38. The summed E-state index contributed by atoms with van der Waals surface area (Å²) in [5.74, 6) is 0. The lowest BCUT2D eigenvalue weighted by atomic mass is 10.2. The van der Waals surface area contributed by atoms with Gasteiger partial charge in [0.2, 0.25) is 0 Å². The zero-order valence-corrected chi connectivity index (χ0v) is 13.1. The Kier molecular flexibility index (Phi) is 2.97. The SMILES string of the molecule is O=S(=O)(c1cccs1)N1CCN(C2CC2)c2ccccc21. The van der Waals surface area contributed by atoms with E-state index in [1.54, 1.807) is 21.8 Å². The molecule has 110 valence electrons. The van der Waals surface area contributed by atoms with Gasteiger partial charge in [0.05, 0.1) is 17.9 Å². The third kappa shape index (κ3) is 2.13. The molecular weight excluding hydrogens is 304 g/mol. The number of hydrogen-bond donors (Lipinski definition) is 0. The van der Waals surface area contributed by atoms with Gasteiger partial charge >= 0.3 is 0 Å². The number of thiophene rings is 1. The number of hydrogen-bond acceptors (Lipinski definition) is 4. The Hall–Kier alpha value is -1.53. The number of benzene rings is 1. The fraction of sp³-hybridized carbons (Fsp3) is 0.333. The van der Waals surface area contributed by atoms with Crippen LogP contribution in [0.15, 0.2) is 46.0 Å². The molecule has 1 aromatic heterocycles.